The van der Waals surface area contributed by atoms with Crippen LogP contribution in [0.2, 0.25) is 0 Å². The maximum atomic E-state index is 11.8. The standard InChI is InChI=1S/C9H10N4O/c1-4-5(2)10-9-7(8(4)14)11-6(3)12-13-9/h1-3H3,(H,10,13,14). The number of hydrogen-bond donors (Lipinski definition) is 1. The van der Waals surface area contributed by atoms with Crippen molar-refractivity contribution in [3.8, 4) is 0 Å². The van der Waals surface area contributed by atoms with Gasteiger partial charge in [-0.25, -0.2) is 4.98 Å². The largest absolute Gasteiger partial charge is 0.340 e. The van der Waals surface area contributed by atoms with E-state index in [1.54, 1.807) is 13.8 Å². The third-order valence-corrected chi connectivity index (χ3v) is 2.22. The fourth-order valence-corrected chi connectivity index (χ4v) is 1.27. The number of nitrogens with zero attached hydrogens (tertiary/aromatic N) is 3. The highest BCUT2D eigenvalue weighted by Crippen LogP contribution is 2.04. The highest BCUT2D eigenvalue weighted by atomic mass is 16.1. The summed E-state index contributed by atoms with van der Waals surface area (Å²) in [7, 11) is 0. The molecule has 0 aliphatic heterocycles. The van der Waals surface area contributed by atoms with Gasteiger partial charge in [-0.15, -0.1) is 10.2 Å². The Morgan fingerprint density at radius 1 is 1.14 bits per heavy atom. The van der Waals surface area contributed by atoms with Gasteiger partial charge in [-0.1, -0.05) is 0 Å². The Bertz CT molecular complexity index is 558. The van der Waals surface area contributed by atoms with Gasteiger partial charge in [-0.05, 0) is 20.8 Å². The maximum absolute atomic E-state index is 11.8. The van der Waals surface area contributed by atoms with Crippen molar-refractivity contribution < 1.29 is 0 Å². The van der Waals surface area contributed by atoms with E-state index in [0.717, 1.165) is 5.69 Å². The number of rotatable bonds is 0. The summed E-state index contributed by atoms with van der Waals surface area (Å²) in [6, 6.07) is 0. The summed E-state index contributed by atoms with van der Waals surface area (Å²) in [5, 5.41) is 7.66. The van der Waals surface area contributed by atoms with E-state index in [9.17, 15) is 4.79 Å². The lowest BCUT2D eigenvalue weighted by molar-refractivity contribution is 0.928. The van der Waals surface area contributed by atoms with Gasteiger partial charge in [-0.2, -0.15) is 0 Å². The summed E-state index contributed by atoms with van der Waals surface area (Å²) in [4.78, 5) is 18.8. The van der Waals surface area contributed by atoms with Gasteiger partial charge in [-0.3, -0.25) is 4.79 Å². The number of pyridine rings is 1. The monoisotopic (exact) mass is 190 g/mol. The van der Waals surface area contributed by atoms with Crippen LogP contribution >= 0.6 is 0 Å². The van der Waals surface area contributed by atoms with Crippen molar-refractivity contribution in [2.75, 3.05) is 0 Å². The van der Waals surface area contributed by atoms with E-state index in [1.165, 1.54) is 0 Å². The normalized spacial score (nSPS) is 10.8. The fourth-order valence-electron chi connectivity index (χ4n) is 1.27. The lowest BCUT2D eigenvalue weighted by Gasteiger charge is -2.01. The number of aryl methyl sites for hydroxylation is 2. The SMILES string of the molecule is Cc1nnc2[nH]c(C)c(C)c(=O)c2n1. The number of hydrogen-bond acceptors (Lipinski definition) is 4. The second-order valence-electron chi connectivity index (χ2n) is 3.26. The summed E-state index contributed by atoms with van der Waals surface area (Å²) < 4.78 is 0. The first kappa shape index (κ1) is 8.80. The number of aromatic amines is 1. The van der Waals surface area contributed by atoms with E-state index in [0.29, 0.717) is 22.6 Å². The van der Waals surface area contributed by atoms with Crippen molar-refractivity contribution in [2.24, 2.45) is 0 Å². The highest BCUT2D eigenvalue weighted by Gasteiger charge is 2.07. The predicted molar refractivity (Wildman–Crippen MR) is 52.2 cm³/mol. The zero-order valence-electron chi connectivity index (χ0n) is 8.25. The van der Waals surface area contributed by atoms with Crippen LogP contribution in [0.1, 0.15) is 17.1 Å². The smallest absolute Gasteiger partial charge is 0.212 e. The molecule has 0 bridgehead atoms. The van der Waals surface area contributed by atoms with Crippen LogP contribution in [0.25, 0.3) is 11.2 Å². The van der Waals surface area contributed by atoms with Crippen LogP contribution in [-0.2, 0) is 0 Å². The quantitative estimate of drug-likeness (QED) is 0.661. The van der Waals surface area contributed by atoms with Crippen molar-refractivity contribution in [3.05, 3.63) is 27.3 Å². The van der Waals surface area contributed by atoms with Crippen LogP contribution in [0.3, 0.4) is 0 Å². The Morgan fingerprint density at radius 2 is 1.86 bits per heavy atom. The highest BCUT2D eigenvalue weighted by molar-refractivity contribution is 5.69. The van der Waals surface area contributed by atoms with Gasteiger partial charge in [0.1, 0.15) is 5.82 Å². The topological polar surface area (TPSA) is 71.5 Å². The molecule has 0 unspecified atom stereocenters. The molecule has 2 aromatic heterocycles. The van der Waals surface area contributed by atoms with Crippen LogP contribution in [0.4, 0.5) is 0 Å². The summed E-state index contributed by atoms with van der Waals surface area (Å²) in [5.74, 6) is 0.506. The van der Waals surface area contributed by atoms with Gasteiger partial charge in [0.05, 0.1) is 0 Å². The Hall–Kier alpha value is -1.78. The maximum Gasteiger partial charge on any atom is 0.212 e. The van der Waals surface area contributed by atoms with Gasteiger partial charge < -0.3 is 4.98 Å². The lowest BCUT2D eigenvalue weighted by Crippen LogP contribution is -2.13. The Morgan fingerprint density at radius 3 is 2.57 bits per heavy atom. The molecule has 2 heterocycles. The molecule has 0 aromatic carbocycles. The van der Waals surface area contributed by atoms with Crippen LogP contribution < -0.4 is 5.43 Å². The summed E-state index contributed by atoms with van der Waals surface area (Å²) in [6.07, 6.45) is 0. The molecule has 0 radical (unpaired) electrons. The second-order valence-corrected chi connectivity index (χ2v) is 3.26. The van der Waals surface area contributed by atoms with Crippen LogP contribution in [0, 0.1) is 20.8 Å². The first-order valence-corrected chi connectivity index (χ1v) is 4.30. The first-order chi connectivity index (χ1) is 6.59. The number of aromatic nitrogens is 4. The molecule has 14 heavy (non-hydrogen) atoms. The first-order valence-electron chi connectivity index (χ1n) is 4.30. The zero-order valence-corrected chi connectivity index (χ0v) is 8.25. The van der Waals surface area contributed by atoms with E-state index >= 15 is 0 Å². The third-order valence-electron chi connectivity index (χ3n) is 2.22. The van der Waals surface area contributed by atoms with Gasteiger partial charge in [0.25, 0.3) is 0 Å². The zero-order chi connectivity index (χ0) is 10.3. The van der Waals surface area contributed by atoms with Gasteiger partial charge in [0, 0.05) is 11.3 Å². The lowest BCUT2D eigenvalue weighted by atomic mass is 10.2. The molecule has 0 fully saturated rings. The Kier molecular flexibility index (Phi) is 1.80. The minimum Gasteiger partial charge on any atom is -0.340 e. The van der Waals surface area contributed by atoms with Gasteiger partial charge >= 0.3 is 0 Å². The molecule has 0 amide bonds. The molecule has 5 nitrogen and oxygen atoms in total. The minimum absolute atomic E-state index is 0.0748. The molecule has 5 heteroatoms. The van der Waals surface area contributed by atoms with Gasteiger partial charge in [0.2, 0.25) is 5.43 Å². The van der Waals surface area contributed by atoms with Gasteiger partial charge in [0.15, 0.2) is 11.2 Å². The van der Waals surface area contributed by atoms with Crippen molar-refractivity contribution in [1.29, 1.82) is 0 Å². The van der Waals surface area contributed by atoms with E-state index in [2.05, 4.69) is 20.2 Å². The van der Waals surface area contributed by atoms with E-state index in [1.807, 2.05) is 6.92 Å². The van der Waals surface area contributed by atoms with Crippen molar-refractivity contribution in [3.63, 3.8) is 0 Å². The fraction of sp³-hybridized carbons (Fsp3) is 0.333. The third kappa shape index (κ3) is 1.17. The molecular formula is C9H10N4O. The van der Waals surface area contributed by atoms with E-state index < -0.39 is 0 Å². The summed E-state index contributed by atoms with van der Waals surface area (Å²) in [5.41, 5.74) is 2.22. The number of H-pyrrole nitrogens is 1. The summed E-state index contributed by atoms with van der Waals surface area (Å²) >= 11 is 0. The molecule has 0 spiro atoms. The molecule has 0 saturated carbocycles. The molecule has 0 atom stereocenters. The predicted octanol–water partition coefficient (Wildman–Crippen LogP) is 0.638. The average Bonchev–Trinajstić information content (AvgIpc) is 2.16. The molecule has 0 saturated heterocycles. The molecule has 1 N–H and O–H groups in total. The molecule has 72 valence electrons. The minimum atomic E-state index is -0.0748. The Labute approximate surface area is 80.2 Å². The van der Waals surface area contributed by atoms with E-state index in [-0.39, 0.29) is 5.43 Å². The van der Waals surface area contributed by atoms with Crippen LogP contribution in [-0.4, -0.2) is 20.2 Å². The molecule has 2 aromatic rings. The average molecular weight is 190 g/mol. The van der Waals surface area contributed by atoms with E-state index in [4.69, 9.17) is 0 Å². The molecular weight excluding hydrogens is 180 g/mol. The second kappa shape index (κ2) is 2.87. The number of nitrogens with one attached hydrogen (secondary N) is 1. The van der Waals surface area contributed by atoms with Crippen molar-refractivity contribution in [2.45, 2.75) is 20.8 Å². The molecule has 0 aliphatic carbocycles. The van der Waals surface area contributed by atoms with Crippen molar-refractivity contribution in [1.82, 2.24) is 20.2 Å². The molecule has 2 rings (SSSR count). The van der Waals surface area contributed by atoms with Crippen LogP contribution in [0.15, 0.2) is 4.79 Å². The Balaban J connectivity index is 2.99. The molecule has 0 aliphatic rings. The summed E-state index contributed by atoms with van der Waals surface area (Å²) in [6.45, 7) is 5.31. The number of fused-ring (bicyclic) bond motifs is 1. The van der Waals surface area contributed by atoms with Crippen LogP contribution in [0.5, 0.6) is 0 Å². The van der Waals surface area contributed by atoms with Crippen molar-refractivity contribution >= 4 is 11.2 Å².